The van der Waals surface area contributed by atoms with Gasteiger partial charge in [-0.15, -0.1) is 0 Å². The lowest BCUT2D eigenvalue weighted by Crippen LogP contribution is -2.43. The fourth-order valence-electron chi connectivity index (χ4n) is 4.00. The number of nitrogens with two attached hydrogens (primary N) is 1. The molecule has 0 unspecified atom stereocenters. The average molecular weight is 515 g/mol. The Morgan fingerprint density at radius 1 is 1.22 bits per heavy atom. The molecule has 0 spiro atoms. The number of ketones is 1. The van der Waals surface area contributed by atoms with Gasteiger partial charge in [-0.1, -0.05) is 23.7 Å². The van der Waals surface area contributed by atoms with E-state index in [0.717, 1.165) is 12.8 Å². The molecule has 1 heterocycles. The van der Waals surface area contributed by atoms with E-state index < -0.39 is 17.8 Å². The highest BCUT2D eigenvalue weighted by atomic mass is 35.5. The van der Waals surface area contributed by atoms with Crippen LogP contribution in [-0.4, -0.2) is 45.7 Å². The number of rotatable bonds is 9. The quantitative estimate of drug-likeness (QED) is 0.423. The smallest absolute Gasteiger partial charge is 0.409 e. The summed E-state index contributed by atoms with van der Waals surface area (Å²) in [6.45, 7) is 1.01. The van der Waals surface area contributed by atoms with Gasteiger partial charge in [0.25, 0.3) is 0 Å². The molecule has 188 valence electrons. The van der Waals surface area contributed by atoms with Crippen LogP contribution in [0.5, 0.6) is 5.75 Å². The second kappa shape index (κ2) is 10.4. The molecular weight excluding hydrogens is 491 g/mol. The number of primary amides is 1. The molecule has 0 aliphatic heterocycles. The number of benzene rings is 2. The molecule has 1 fully saturated rings. The van der Waals surface area contributed by atoms with Crippen molar-refractivity contribution in [3.63, 3.8) is 0 Å². The zero-order chi connectivity index (χ0) is 26.0. The fraction of sp³-hybridized carbons (Fsp3) is 0.280. The van der Waals surface area contributed by atoms with Gasteiger partial charge in [0.15, 0.2) is 5.78 Å². The predicted molar refractivity (Wildman–Crippen MR) is 130 cm³/mol. The van der Waals surface area contributed by atoms with Crippen LogP contribution in [-0.2, 0) is 22.7 Å². The molecule has 1 aromatic heterocycles. The van der Waals surface area contributed by atoms with Crippen molar-refractivity contribution in [2.45, 2.75) is 38.9 Å². The molecule has 3 N–H and O–H groups in total. The number of Topliss-reactive ketones (excluding diaryl/α,β-unsaturated/α-hetero) is 1. The van der Waals surface area contributed by atoms with E-state index in [-0.39, 0.29) is 53.7 Å². The summed E-state index contributed by atoms with van der Waals surface area (Å²) in [5.74, 6) is -1.39. The molecule has 0 atom stereocenters. The number of aromatic nitrogens is 1. The molecule has 1 aliphatic carbocycles. The first-order chi connectivity index (χ1) is 17.1. The van der Waals surface area contributed by atoms with Gasteiger partial charge in [-0.05, 0) is 38.0 Å². The molecule has 3 aromatic rings. The number of fused-ring (bicyclic) bond motifs is 1. The Kier molecular flexibility index (Phi) is 7.25. The number of halogens is 2. The number of amides is 3. The van der Waals surface area contributed by atoms with Gasteiger partial charge in [0.2, 0.25) is 11.8 Å². The monoisotopic (exact) mass is 514 g/mol. The van der Waals surface area contributed by atoms with E-state index in [1.54, 1.807) is 22.9 Å². The minimum atomic E-state index is -0.987. The van der Waals surface area contributed by atoms with Crippen LogP contribution in [0.4, 0.5) is 9.18 Å². The Bertz CT molecular complexity index is 1370. The number of carbonyl (C=O) groups is 4. The van der Waals surface area contributed by atoms with E-state index in [1.807, 2.05) is 0 Å². The molecule has 1 aliphatic rings. The van der Waals surface area contributed by atoms with Gasteiger partial charge in [0.05, 0.1) is 17.1 Å². The van der Waals surface area contributed by atoms with E-state index in [1.165, 1.54) is 36.1 Å². The summed E-state index contributed by atoms with van der Waals surface area (Å²) >= 11 is 5.78. The maximum absolute atomic E-state index is 14.1. The third kappa shape index (κ3) is 5.65. The molecule has 2 aromatic carbocycles. The zero-order valence-corrected chi connectivity index (χ0v) is 20.2. The third-order valence-electron chi connectivity index (χ3n) is 5.89. The maximum atomic E-state index is 14.1. The lowest BCUT2D eigenvalue weighted by molar-refractivity contribution is -0.137. The predicted octanol–water partition coefficient (Wildman–Crippen LogP) is 3.40. The largest absolute Gasteiger partial charge is 0.410 e. The van der Waals surface area contributed by atoms with Gasteiger partial charge >= 0.3 is 6.09 Å². The van der Waals surface area contributed by atoms with Gasteiger partial charge in [-0.3, -0.25) is 14.4 Å². The maximum Gasteiger partial charge on any atom is 0.409 e. The van der Waals surface area contributed by atoms with Gasteiger partial charge in [0, 0.05) is 41.4 Å². The third-order valence-corrected chi connectivity index (χ3v) is 6.18. The summed E-state index contributed by atoms with van der Waals surface area (Å²) < 4.78 is 20.6. The van der Waals surface area contributed by atoms with Crippen molar-refractivity contribution in [1.29, 1.82) is 0 Å². The van der Waals surface area contributed by atoms with Crippen LogP contribution >= 0.6 is 11.6 Å². The van der Waals surface area contributed by atoms with Crippen molar-refractivity contribution in [2.24, 2.45) is 5.73 Å². The van der Waals surface area contributed by atoms with Gasteiger partial charge in [-0.25, -0.2) is 9.18 Å². The number of nitrogens with one attached hydrogen (secondary N) is 1. The number of hydrogen-bond acceptors (Lipinski definition) is 5. The van der Waals surface area contributed by atoms with Crippen molar-refractivity contribution in [2.75, 3.05) is 6.54 Å². The first-order valence-electron chi connectivity index (χ1n) is 11.2. The summed E-state index contributed by atoms with van der Waals surface area (Å²) in [6, 6.07) is 9.10. The van der Waals surface area contributed by atoms with Gasteiger partial charge in [-0.2, -0.15) is 0 Å². The van der Waals surface area contributed by atoms with Crippen LogP contribution in [0, 0.1) is 5.82 Å². The highest BCUT2D eigenvalue weighted by Gasteiger charge is 2.34. The van der Waals surface area contributed by atoms with E-state index in [0.29, 0.717) is 16.5 Å². The van der Waals surface area contributed by atoms with E-state index in [4.69, 9.17) is 22.1 Å². The number of hydrogen-bond donors (Lipinski definition) is 2. The minimum Gasteiger partial charge on any atom is -0.410 e. The molecule has 0 saturated heterocycles. The van der Waals surface area contributed by atoms with Crippen molar-refractivity contribution in [1.82, 2.24) is 14.8 Å². The van der Waals surface area contributed by atoms with Gasteiger partial charge < -0.3 is 25.3 Å². The Labute approximate surface area is 210 Å². The van der Waals surface area contributed by atoms with Crippen LogP contribution < -0.4 is 15.8 Å². The second-order valence-electron chi connectivity index (χ2n) is 8.57. The molecule has 1 saturated carbocycles. The summed E-state index contributed by atoms with van der Waals surface area (Å²) in [6.07, 6.45) is 2.11. The standard InChI is InChI=1S/C25H24ClFN4O5/c1-14(32)19-11-30(21-9-17(36-25(28)35)7-8-18(19)21)13-23(34)31(16-5-6-16)12-22(33)29-10-15-3-2-4-20(26)24(15)27/h2-4,7-9,11,16H,5-6,10,12-13H2,1H3,(H2,28,35)(H,29,33). The average Bonchev–Trinajstić information content (AvgIpc) is 3.60. The Hall–Kier alpha value is -3.92. The zero-order valence-electron chi connectivity index (χ0n) is 19.4. The Balaban J connectivity index is 1.50. The lowest BCUT2D eigenvalue weighted by atomic mass is 10.1. The van der Waals surface area contributed by atoms with Gasteiger partial charge in [0.1, 0.15) is 18.1 Å². The van der Waals surface area contributed by atoms with Crippen molar-refractivity contribution >= 4 is 46.2 Å². The number of ether oxygens (including phenoxy) is 1. The van der Waals surface area contributed by atoms with E-state index in [2.05, 4.69) is 5.32 Å². The molecule has 4 rings (SSSR count). The number of nitrogens with zero attached hydrogens (tertiary/aromatic N) is 2. The molecule has 9 nitrogen and oxygen atoms in total. The van der Waals surface area contributed by atoms with Crippen molar-refractivity contribution in [3.8, 4) is 5.75 Å². The second-order valence-corrected chi connectivity index (χ2v) is 8.98. The van der Waals surface area contributed by atoms with E-state index in [9.17, 15) is 23.6 Å². The topological polar surface area (TPSA) is 124 Å². The highest BCUT2D eigenvalue weighted by Crippen LogP contribution is 2.29. The molecule has 0 bridgehead atoms. The van der Waals surface area contributed by atoms with Crippen LogP contribution in [0.15, 0.2) is 42.6 Å². The summed E-state index contributed by atoms with van der Waals surface area (Å²) in [5.41, 5.74) is 6.25. The number of carbonyl (C=O) groups excluding carboxylic acids is 4. The summed E-state index contributed by atoms with van der Waals surface area (Å²) in [5, 5.41) is 3.18. The van der Waals surface area contributed by atoms with Crippen LogP contribution in [0.25, 0.3) is 10.9 Å². The van der Waals surface area contributed by atoms with E-state index >= 15 is 0 Å². The summed E-state index contributed by atoms with van der Waals surface area (Å²) in [7, 11) is 0. The molecular formula is C25H24ClFN4O5. The van der Waals surface area contributed by atoms with Crippen LogP contribution in [0.3, 0.4) is 0 Å². The molecule has 3 amide bonds. The molecule has 0 radical (unpaired) electrons. The first kappa shape index (κ1) is 25.2. The summed E-state index contributed by atoms with van der Waals surface area (Å²) in [4.78, 5) is 50.6. The van der Waals surface area contributed by atoms with Crippen LogP contribution in [0.2, 0.25) is 5.02 Å². The lowest BCUT2D eigenvalue weighted by Gasteiger charge is -2.22. The first-order valence-corrected chi connectivity index (χ1v) is 11.6. The molecule has 11 heteroatoms. The normalized spacial score (nSPS) is 12.9. The Morgan fingerprint density at radius 3 is 2.64 bits per heavy atom. The molecule has 36 heavy (non-hydrogen) atoms. The highest BCUT2D eigenvalue weighted by molar-refractivity contribution is 6.30. The Morgan fingerprint density at radius 2 is 1.97 bits per heavy atom. The minimum absolute atomic E-state index is 0.0372. The fourth-order valence-corrected chi connectivity index (χ4v) is 4.19. The van der Waals surface area contributed by atoms with Crippen molar-refractivity contribution in [3.05, 3.63) is 64.6 Å². The van der Waals surface area contributed by atoms with Crippen molar-refractivity contribution < 1.29 is 28.3 Å². The SMILES string of the molecule is CC(=O)c1cn(CC(=O)N(CC(=O)NCc2cccc(Cl)c2F)C2CC2)c2cc(OC(N)=O)ccc12. The van der Waals surface area contributed by atoms with Crippen LogP contribution in [0.1, 0.15) is 35.7 Å².